The molecule has 128 valence electrons. The topological polar surface area (TPSA) is 58.2 Å². The Labute approximate surface area is 143 Å². The third-order valence-electron chi connectivity index (χ3n) is 6.60. The fraction of sp³-hybridized carbons (Fsp3) is 0.889. The number of rotatable bonds is 4. The highest BCUT2D eigenvalue weighted by Gasteiger charge is 2.60. The van der Waals surface area contributed by atoms with Crippen molar-refractivity contribution in [3.8, 4) is 0 Å². The maximum atomic E-state index is 12.8. The third kappa shape index (κ3) is 2.99. The Balaban J connectivity index is 1.34. The van der Waals surface area contributed by atoms with Crippen LogP contribution in [0.3, 0.4) is 0 Å². The van der Waals surface area contributed by atoms with Gasteiger partial charge < -0.3 is 10.6 Å². The second-order valence-corrected chi connectivity index (χ2v) is 9.43. The number of amides is 2. The largest absolute Gasteiger partial charge is 0.352 e. The van der Waals surface area contributed by atoms with E-state index in [4.69, 9.17) is 11.6 Å². The Morgan fingerprint density at radius 1 is 1.04 bits per heavy atom. The highest BCUT2D eigenvalue weighted by atomic mass is 35.5. The quantitative estimate of drug-likeness (QED) is 0.774. The molecule has 0 heterocycles. The van der Waals surface area contributed by atoms with Crippen molar-refractivity contribution in [2.45, 2.75) is 75.1 Å². The van der Waals surface area contributed by atoms with Gasteiger partial charge in [0.15, 0.2) is 0 Å². The Bertz CT molecular complexity index is 501. The lowest BCUT2D eigenvalue weighted by atomic mass is 9.49. The summed E-state index contributed by atoms with van der Waals surface area (Å²) in [7, 11) is 0. The van der Waals surface area contributed by atoms with Crippen LogP contribution in [0.5, 0.6) is 0 Å². The van der Waals surface area contributed by atoms with Crippen LogP contribution in [0.25, 0.3) is 0 Å². The molecule has 2 N–H and O–H groups in total. The lowest BCUT2D eigenvalue weighted by Gasteiger charge is -2.59. The van der Waals surface area contributed by atoms with E-state index in [2.05, 4.69) is 10.6 Å². The van der Waals surface area contributed by atoms with Gasteiger partial charge >= 0.3 is 0 Å². The zero-order valence-corrected chi connectivity index (χ0v) is 14.5. The molecule has 2 unspecified atom stereocenters. The summed E-state index contributed by atoms with van der Waals surface area (Å²) in [6.07, 6.45) is 10.6. The van der Waals surface area contributed by atoms with Crippen molar-refractivity contribution in [2.24, 2.45) is 17.3 Å². The predicted molar refractivity (Wildman–Crippen MR) is 89.1 cm³/mol. The van der Waals surface area contributed by atoms with Gasteiger partial charge in [0.25, 0.3) is 0 Å². The molecule has 0 aromatic heterocycles. The van der Waals surface area contributed by atoms with Gasteiger partial charge in [-0.15, -0.1) is 11.6 Å². The number of hydrogen-bond acceptors (Lipinski definition) is 2. The van der Waals surface area contributed by atoms with E-state index in [1.165, 1.54) is 19.3 Å². The molecule has 5 saturated carbocycles. The average Bonchev–Trinajstić information content (AvgIpc) is 2.95. The van der Waals surface area contributed by atoms with Gasteiger partial charge in [-0.25, -0.2) is 0 Å². The van der Waals surface area contributed by atoms with Crippen LogP contribution in [0.4, 0.5) is 0 Å². The lowest BCUT2D eigenvalue weighted by Crippen LogP contribution is -2.59. The maximum Gasteiger partial charge on any atom is 0.239 e. The van der Waals surface area contributed by atoms with Gasteiger partial charge in [-0.05, 0) is 63.2 Å². The van der Waals surface area contributed by atoms with Crippen LogP contribution in [-0.2, 0) is 9.59 Å². The van der Waals surface area contributed by atoms with Crippen molar-refractivity contribution in [3.05, 3.63) is 0 Å². The molecule has 0 aromatic rings. The molecule has 0 saturated heterocycles. The Morgan fingerprint density at radius 2 is 1.70 bits per heavy atom. The maximum absolute atomic E-state index is 12.8. The summed E-state index contributed by atoms with van der Waals surface area (Å²) < 4.78 is 0. The summed E-state index contributed by atoms with van der Waals surface area (Å²) in [6, 6.07) is 0.310. The summed E-state index contributed by atoms with van der Waals surface area (Å²) in [5, 5.41) is 5.96. The van der Waals surface area contributed by atoms with E-state index in [0.29, 0.717) is 17.9 Å². The highest BCUT2D eigenvalue weighted by molar-refractivity contribution is 6.24. The van der Waals surface area contributed by atoms with Crippen molar-refractivity contribution in [2.75, 3.05) is 6.54 Å². The van der Waals surface area contributed by atoms with Crippen molar-refractivity contribution >= 4 is 23.4 Å². The number of carbonyl (C=O) groups excluding carboxylic acids is 2. The van der Waals surface area contributed by atoms with E-state index in [9.17, 15) is 9.59 Å². The van der Waals surface area contributed by atoms with Crippen LogP contribution in [0.2, 0.25) is 0 Å². The number of alkyl halides is 1. The molecule has 5 aliphatic carbocycles. The van der Waals surface area contributed by atoms with Crippen LogP contribution in [0.15, 0.2) is 0 Å². The number of nitrogens with one attached hydrogen (secondary N) is 2. The SMILES string of the molecule is O=C(CNC(=O)C12C[C@@H]3C[C@@H](CC(Cl)(C3)C1)C2)NC1CCCC1. The fourth-order valence-electron chi connectivity index (χ4n) is 6.11. The zero-order chi connectivity index (χ0) is 16.1. The normalized spacial score (nSPS) is 42.0. The molecule has 5 heteroatoms. The predicted octanol–water partition coefficient (Wildman–Crippen LogP) is 2.74. The minimum Gasteiger partial charge on any atom is -0.352 e. The fourth-order valence-corrected chi connectivity index (χ4v) is 6.81. The van der Waals surface area contributed by atoms with Gasteiger partial charge in [0, 0.05) is 10.9 Å². The van der Waals surface area contributed by atoms with Crippen LogP contribution in [-0.4, -0.2) is 29.3 Å². The van der Waals surface area contributed by atoms with Crippen molar-refractivity contribution < 1.29 is 9.59 Å². The van der Waals surface area contributed by atoms with Gasteiger partial charge in [0.2, 0.25) is 11.8 Å². The summed E-state index contributed by atoms with van der Waals surface area (Å²) in [5.74, 6) is 1.23. The van der Waals surface area contributed by atoms with E-state index in [0.717, 1.165) is 44.9 Å². The molecule has 0 aromatic carbocycles. The minimum absolute atomic E-state index is 0.0458. The average molecular weight is 339 g/mol. The van der Waals surface area contributed by atoms with E-state index >= 15 is 0 Å². The minimum atomic E-state index is -0.306. The molecule has 23 heavy (non-hydrogen) atoms. The lowest BCUT2D eigenvalue weighted by molar-refractivity contribution is -0.145. The molecule has 5 rings (SSSR count). The summed E-state index contributed by atoms with van der Waals surface area (Å²) >= 11 is 6.78. The van der Waals surface area contributed by atoms with Gasteiger partial charge in [0.05, 0.1) is 12.0 Å². The van der Waals surface area contributed by atoms with E-state index < -0.39 is 0 Å². The van der Waals surface area contributed by atoms with Crippen molar-refractivity contribution in [1.29, 1.82) is 0 Å². The molecule has 0 radical (unpaired) electrons. The summed E-state index contributed by atoms with van der Waals surface area (Å²) in [5.41, 5.74) is -0.306. The first kappa shape index (κ1) is 15.7. The second kappa shape index (κ2) is 5.65. The van der Waals surface area contributed by atoms with Crippen LogP contribution in [0.1, 0.15) is 64.2 Å². The molecule has 4 nitrogen and oxygen atoms in total. The Kier molecular flexibility index (Phi) is 3.86. The first-order valence-electron chi connectivity index (χ1n) is 9.23. The molecule has 0 aliphatic heterocycles. The first-order valence-corrected chi connectivity index (χ1v) is 9.61. The summed E-state index contributed by atoms with van der Waals surface area (Å²) in [4.78, 5) is 24.7. The molecular weight excluding hydrogens is 312 g/mol. The number of carbonyl (C=O) groups is 2. The molecular formula is C18H27ClN2O2. The van der Waals surface area contributed by atoms with Crippen LogP contribution < -0.4 is 10.6 Å². The first-order chi connectivity index (χ1) is 11.0. The van der Waals surface area contributed by atoms with Crippen molar-refractivity contribution in [3.63, 3.8) is 0 Å². The van der Waals surface area contributed by atoms with Crippen molar-refractivity contribution in [1.82, 2.24) is 10.6 Å². The summed E-state index contributed by atoms with van der Waals surface area (Å²) in [6.45, 7) is 0.113. The second-order valence-electron chi connectivity index (χ2n) is 8.62. The Hall–Kier alpha value is -0.770. The van der Waals surface area contributed by atoms with Crippen LogP contribution >= 0.6 is 11.6 Å². The smallest absolute Gasteiger partial charge is 0.239 e. The van der Waals surface area contributed by atoms with Gasteiger partial charge in [-0.3, -0.25) is 9.59 Å². The van der Waals surface area contributed by atoms with E-state index in [1.807, 2.05) is 0 Å². The molecule has 4 atom stereocenters. The van der Waals surface area contributed by atoms with Gasteiger partial charge in [0.1, 0.15) is 0 Å². The monoisotopic (exact) mass is 338 g/mol. The third-order valence-corrected chi connectivity index (χ3v) is 7.04. The standard InChI is InChI=1S/C18H27ClN2O2/c19-18-8-12-5-13(9-18)7-17(6-12,11-18)16(23)20-10-15(22)21-14-3-1-2-4-14/h12-14H,1-11H2,(H,20,23)(H,21,22)/t12-,13+,17?,18?. The van der Waals surface area contributed by atoms with Gasteiger partial charge in [-0.1, -0.05) is 12.8 Å². The molecule has 5 aliphatic rings. The highest BCUT2D eigenvalue weighted by Crippen LogP contribution is 2.63. The molecule has 4 bridgehead atoms. The number of halogens is 1. The van der Waals surface area contributed by atoms with Crippen LogP contribution in [0, 0.1) is 17.3 Å². The zero-order valence-electron chi connectivity index (χ0n) is 13.7. The molecule has 5 fully saturated rings. The molecule has 0 spiro atoms. The molecule has 2 amide bonds. The van der Waals surface area contributed by atoms with E-state index in [-0.39, 0.29) is 28.6 Å². The van der Waals surface area contributed by atoms with Gasteiger partial charge in [-0.2, -0.15) is 0 Å². The Morgan fingerprint density at radius 3 is 2.30 bits per heavy atom. The van der Waals surface area contributed by atoms with E-state index in [1.54, 1.807) is 0 Å². The number of hydrogen-bond donors (Lipinski definition) is 2.